The van der Waals surface area contributed by atoms with Crippen LogP contribution in [0, 0.1) is 11.8 Å². The Balaban J connectivity index is 1.29. The standard InChI is InChI=1S/C17H26N4S/c22-17(20-15-9-12-1-3-13(15)4-2-12)21-7-5-14(6-8-21)16-10-18-11-19-16/h10-15H,1-9H2,(H,18,19)(H,20,22)/t12?,13?,15-/m0/s1. The number of thiocarbonyl (C=S) groups is 1. The number of hydrogen-bond donors (Lipinski definition) is 2. The summed E-state index contributed by atoms with van der Waals surface area (Å²) in [7, 11) is 0. The van der Waals surface area contributed by atoms with Crippen molar-refractivity contribution in [1.29, 1.82) is 0 Å². The molecule has 1 aromatic rings. The van der Waals surface area contributed by atoms with Crippen LogP contribution in [0.5, 0.6) is 0 Å². The number of hydrogen-bond acceptors (Lipinski definition) is 2. The molecule has 3 saturated carbocycles. The molecular weight excluding hydrogens is 292 g/mol. The first-order chi connectivity index (χ1) is 10.8. The molecule has 4 nitrogen and oxygen atoms in total. The maximum Gasteiger partial charge on any atom is 0.169 e. The minimum absolute atomic E-state index is 0.618. The van der Waals surface area contributed by atoms with Crippen LogP contribution >= 0.6 is 12.2 Å². The molecule has 5 rings (SSSR count). The lowest BCUT2D eigenvalue weighted by Gasteiger charge is -2.44. The van der Waals surface area contributed by atoms with E-state index in [1.54, 1.807) is 6.33 Å². The van der Waals surface area contributed by atoms with Crippen molar-refractivity contribution in [3.8, 4) is 0 Å². The van der Waals surface area contributed by atoms with Crippen molar-refractivity contribution in [2.24, 2.45) is 11.8 Å². The van der Waals surface area contributed by atoms with Crippen LogP contribution < -0.4 is 5.32 Å². The van der Waals surface area contributed by atoms with Crippen molar-refractivity contribution in [1.82, 2.24) is 20.2 Å². The Morgan fingerprint density at radius 1 is 1.18 bits per heavy atom. The molecule has 4 fully saturated rings. The van der Waals surface area contributed by atoms with Gasteiger partial charge in [-0.25, -0.2) is 4.98 Å². The zero-order chi connectivity index (χ0) is 14.9. The summed E-state index contributed by atoms with van der Waals surface area (Å²) in [5.74, 6) is 2.44. The summed E-state index contributed by atoms with van der Waals surface area (Å²) in [5.41, 5.74) is 1.28. The molecule has 4 aliphatic rings. The van der Waals surface area contributed by atoms with Gasteiger partial charge in [0.25, 0.3) is 0 Å². The van der Waals surface area contributed by atoms with E-state index in [9.17, 15) is 0 Å². The van der Waals surface area contributed by atoms with Crippen molar-refractivity contribution in [2.75, 3.05) is 13.1 Å². The third kappa shape index (κ3) is 2.87. The quantitative estimate of drug-likeness (QED) is 0.823. The highest BCUT2D eigenvalue weighted by atomic mass is 32.1. The Morgan fingerprint density at radius 2 is 1.95 bits per heavy atom. The molecule has 22 heavy (non-hydrogen) atoms. The van der Waals surface area contributed by atoms with E-state index < -0.39 is 0 Å². The van der Waals surface area contributed by atoms with Crippen LogP contribution in [0.15, 0.2) is 12.5 Å². The zero-order valence-electron chi connectivity index (χ0n) is 13.1. The van der Waals surface area contributed by atoms with Gasteiger partial charge in [-0.05, 0) is 56.2 Å². The largest absolute Gasteiger partial charge is 0.360 e. The zero-order valence-corrected chi connectivity index (χ0v) is 13.9. The average molecular weight is 318 g/mol. The van der Waals surface area contributed by atoms with Crippen LogP contribution in [0.3, 0.4) is 0 Å². The van der Waals surface area contributed by atoms with Crippen LogP contribution in [0.1, 0.15) is 56.6 Å². The van der Waals surface area contributed by atoms with Gasteiger partial charge in [0, 0.05) is 36.9 Å². The SMILES string of the molecule is S=C(N[C@H]1CC2CCC1CC2)N1CCC(c2cnc[nH]2)CC1. The van der Waals surface area contributed by atoms with E-state index in [1.807, 2.05) is 6.20 Å². The van der Waals surface area contributed by atoms with E-state index >= 15 is 0 Å². The molecule has 120 valence electrons. The van der Waals surface area contributed by atoms with Crippen molar-refractivity contribution in [3.63, 3.8) is 0 Å². The van der Waals surface area contributed by atoms with Crippen LogP contribution in [-0.4, -0.2) is 39.1 Å². The Labute approximate surface area is 138 Å². The summed E-state index contributed by atoms with van der Waals surface area (Å²) >= 11 is 5.70. The van der Waals surface area contributed by atoms with E-state index in [0.29, 0.717) is 12.0 Å². The summed E-state index contributed by atoms with van der Waals surface area (Å²) in [6, 6.07) is 0.644. The fourth-order valence-corrected chi connectivity index (χ4v) is 5.02. The summed E-state index contributed by atoms with van der Waals surface area (Å²) < 4.78 is 0. The van der Waals surface area contributed by atoms with Gasteiger partial charge in [0.05, 0.1) is 6.33 Å². The Kier molecular flexibility index (Phi) is 4.07. The molecule has 5 heteroatoms. The second-order valence-electron chi connectivity index (χ2n) is 7.34. The normalized spacial score (nSPS) is 32.2. The number of aromatic amines is 1. The molecule has 1 atom stereocenters. The second kappa shape index (κ2) is 6.19. The fraction of sp³-hybridized carbons (Fsp3) is 0.765. The predicted octanol–water partition coefficient (Wildman–Crippen LogP) is 3.04. The Hall–Kier alpha value is -1.10. The highest BCUT2D eigenvalue weighted by molar-refractivity contribution is 7.80. The Bertz CT molecular complexity index is 499. The number of nitrogens with zero attached hydrogens (tertiary/aromatic N) is 2. The van der Waals surface area contributed by atoms with Crippen LogP contribution in [0.25, 0.3) is 0 Å². The molecule has 1 saturated heterocycles. The van der Waals surface area contributed by atoms with Gasteiger partial charge < -0.3 is 15.2 Å². The number of likely N-dealkylation sites (tertiary alicyclic amines) is 1. The summed E-state index contributed by atoms with van der Waals surface area (Å²) in [4.78, 5) is 9.78. The van der Waals surface area contributed by atoms with Crippen molar-refractivity contribution >= 4 is 17.3 Å². The first-order valence-electron chi connectivity index (χ1n) is 8.83. The molecule has 1 aliphatic heterocycles. The van der Waals surface area contributed by atoms with Gasteiger partial charge in [-0.3, -0.25) is 0 Å². The first kappa shape index (κ1) is 14.5. The van der Waals surface area contributed by atoms with Crippen molar-refractivity contribution in [2.45, 2.75) is 56.9 Å². The van der Waals surface area contributed by atoms with Gasteiger partial charge in [-0.1, -0.05) is 12.8 Å². The topological polar surface area (TPSA) is 44.0 Å². The molecule has 3 aliphatic carbocycles. The highest BCUT2D eigenvalue weighted by Crippen LogP contribution is 2.41. The van der Waals surface area contributed by atoms with E-state index in [0.717, 1.165) is 30.0 Å². The van der Waals surface area contributed by atoms with Crippen molar-refractivity contribution in [3.05, 3.63) is 18.2 Å². The number of nitrogens with one attached hydrogen (secondary N) is 2. The number of aromatic nitrogens is 2. The summed E-state index contributed by atoms with van der Waals surface area (Å²) in [6.07, 6.45) is 13.1. The fourth-order valence-electron chi connectivity index (χ4n) is 4.69. The van der Waals surface area contributed by atoms with E-state index in [1.165, 1.54) is 50.6 Å². The molecule has 1 aromatic heterocycles. The number of H-pyrrole nitrogens is 1. The lowest BCUT2D eigenvalue weighted by molar-refractivity contribution is 0.133. The molecule has 2 bridgehead atoms. The minimum atomic E-state index is 0.618. The Morgan fingerprint density at radius 3 is 2.55 bits per heavy atom. The maximum absolute atomic E-state index is 5.70. The van der Waals surface area contributed by atoms with Gasteiger partial charge in [0.15, 0.2) is 5.11 Å². The average Bonchev–Trinajstić information content (AvgIpc) is 3.10. The predicted molar refractivity (Wildman–Crippen MR) is 91.7 cm³/mol. The number of rotatable bonds is 2. The smallest absolute Gasteiger partial charge is 0.169 e. The van der Waals surface area contributed by atoms with Crippen LogP contribution in [0.4, 0.5) is 0 Å². The van der Waals surface area contributed by atoms with E-state index in [2.05, 4.69) is 20.2 Å². The molecule has 0 aromatic carbocycles. The molecule has 0 unspecified atom stereocenters. The molecule has 2 N–H and O–H groups in total. The van der Waals surface area contributed by atoms with E-state index in [4.69, 9.17) is 12.2 Å². The number of piperidine rings is 1. The molecular formula is C17H26N4S. The highest BCUT2D eigenvalue weighted by Gasteiger charge is 2.36. The number of imidazole rings is 1. The van der Waals surface area contributed by atoms with Gasteiger partial charge in [0.1, 0.15) is 0 Å². The van der Waals surface area contributed by atoms with Crippen molar-refractivity contribution < 1.29 is 0 Å². The second-order valence-corrected chi connectivity index (χ2v) is 7.73. The van der Waals surface area contributed by atoms with Gasteiger partial charge in [0.2, 0.25) is 0 Å². The monoisotopic (exact) mass is 318 g/mol. The molecule has 0 amide bonds. The van der Waals surface area contributed by atoms with E-state index in [-0.39, 0.29) is 0 Å². The molecule has 0 radical (unpaired) electrons. The van der Waals surface area contributed by atoms with Crippen LogP contribution in [-0.2, 0) is 0 Å². The van der Waals surface area contributed by atoms with Gasteiger partial charge in [-0.15, -0.1) is 0 Å². The van der Waals surface area contributed by atoms with Crippen LogP contribution in [0.2, 0.25) is 0 Å². The first-order valence-corrected chi connectivity index (χ1v) is 9.24. The summed E-state index contributed by atoms with van der Waals surface area (Å²) in [6.45, 7) is 2.13. The third-order valence-electron chi connectivity index (χ3n) is 6.10. The minimum Gasteiger partial charge on any atom is -0.360 e. The molecule has 2 heterocycles. The third-order valence-corrected chi connectivity index (χ3v) is 6.47. The lowest BCUT2D eigenvalue weighted by atomic mass is 9.68. The molecule has 0 spiro atoms. The lowest BCUT2D eigenvalue weighted by Crippen LogP contribution is -2.52. The maximum atomic E-state index is 5.70. The van der Waals surface area contributed by atoms with Gasteiger partial charge in [-0.2, -0.15) is 0 Å². The summed E-state index contributed by atoms with van der Waals surface area (Å²) in [5, 5.41) is 4.71. The van der Waals surface area contributed by atoms with Gasteiger partial charge >= 0.3 is 0 Å². The number of fused-ring (bicyclic) bond motifs is 3.